The van der Waals surface area contributed by atoms with E-state index in [1.807, 2.05) is 12.2 Å². The number of amides is 2. The molecule has 3 aliphatic heterocycles. The lowest BCUT2D eigenvalue weighted by Gasteiger charge is -2.38. The molecule has 0 saturated carbocycles. The minimum absolute atomic E-state index is 0.0117. The highest BCUT2D eigenvalue weighted by Gasteiger charge is 2.55. The summed E-state index contributed by atoms with van der Waals surface area (Å²) in [6.45, 7) is 0.476. The Kier molecular flexibility index (Phi) is 4.04. The normalized spacial score (nSPS) is 32.9. The second-order valence-electron chi connectivity index (χ2n) is 6.27. The Bertz CT molecular complexity index is 561. The van der Waals surface area contributed by atoms with Gasteiger partial charge in [0.1, 0.15) is 11.6 Å². The Labute approximate surface area is 135 Å². The number of hydrogen-bond acceptors (Lipinski definition) is 5. The molecule has 7 nitrogen and oxygen atoms in total. The third-order valence-corrected chi connectivity index (χ3v) is 5.20. The van der Waals surface area contributed by atoms with Crippen LogP contribution in [-0.4, -0.2) is 66.2 Å². The van der Waals surface area contributed by atoms with E-state index in [2.05, 4.69) is 0 Å². The minimum Gasteiger partial charge on any atom is -0.467 e. The fraction of sp³-hybridized carbons (Fsp3) is 0.688. The molecular weight excluding hydrogens is 300 g/mol. The van der Waals surface area contributed by atoms with Gasteiger partial charge in [0.25, 0.3) is 5.91 Å². The summed E-state index contributed by atoms with van der Waals surface area (Å²) in [4.78, 5) is 40.6. The van der Waals surface area contributed by atoms with Crippen molar-refractivity contribution in [3.05, 3.63) is 12.2 Å². The van der Waals surface area contributed by atoms with Crippen LogP contribution in [0.4, 0.5) is 4.79 Å². The first-order valence-electron chi connectivity index (χ1n) is 7.99. The summed E-state index contributed by atoms with van der Waals surface area (Å²) in [5.74, 6) is -0.576. The van der Waals surface area contributed by atoms with Crippen molar-refractivity contribution < 1.29 is 23.9 Å². The molecule has 3 heterocycles. The zero-order valence-electron chi connectivity index (χ0n) is 13.5. The molecule has 0 aromatic carbocycles. The van der Waals surface area contributed by atoms with Crippen LogP contribution in [0, 0.1) is 0 Å². The van der Waals surface area contributed by atoms with Gasteiger partial charge < -0.3 is 14.4 Å². The molecule has 2 fully saturated rings. The number of carbonyl (C=O) groups excluding carboxylic acids is 3. The van der Waals surface area contributed by atoms with Crippen molar-refractivity contribution in [3.8, 4) is 0 Å². The summed E-state index contributed by atoms with van der Waals surface area (Å²) >= 11 is 0. The van der Waals surface area contributed by atoms with E-state index in [4.69, 9.17) is 9.47 Å². The molecule has 3 atom stereocenters. The molecule has 0 aliphatic carbocycles. The van der Waals surface area contributed by atoms with Crippen LogP contribution in [0.15, 0.2) is 12.2 Å². The van der Waals surface area contributed by atoms with Crippen molar-refractivity contribution in [2.75, 3.05) is 20.8 Å². The van der Waals surface area contributed by atoms with Crippen molar-refractivity contribution in [2.24, 2.45) is 0 Å². The highest BCUT2D eigenvalue weighted by Crippen LogP contribution is 2.40. The molecule has 0 unspecified atom stereocenters. The van der Waals surface area contributed by atoms with Crippen LogP contribution in [0.25, 0.3) is 0 Å². The Hall–Kier alpha value is -2.05. The number of carbonyl (C=O) groups is 3. The molecule has 23 heavy (non-hydrogen) atoms. The minimum atomic E-state index is -1.03. The first kappa shape index (κ1) is 15.8. The number of nitrogens with zero attached hydrogens (tertiary/aromatic N) is 2. The van der Waals surface area contributed by atoms with Gasteiger partial charge in [0.2, 0.25) is 0 Å². The lowest BCUT2D eigenvalue weighted by atomic mass is 9.93. The van der Waals surface area contributed by atoms with Crippen molar-refractivity contribution >= 4 is 18.0 Å². The number of hydrogen-bond donors (Lipinski definition) is 0. The molecule has 1 spiro atoms. The van der Waals surface area contributed by atoms with Gasteiger partial charge in [-0.25, -0.2) is 9.59 Å². The Morgan fingerprint density at radius 2 is 2.04 bits per heavy atom. The van der Waals surface area contributed by atoms with E-state index in [0.717, 1.165) is 12.8 Å². The van der Waals surface area contributed by atoms with E-state index in [9.17, 15) is 14.4 Å². The predicted octanol–water partition coefficient (Wildman–Crippen LogP) is 1.08. The van der Waals surface area contributed by atoms with Crippen LogP contribution in [0.1, 0.15) is 32.1 Å². The van der Waals surface area contributed by atoms with Gasteiger partial charge in [0.05, 0.1) is 14.2 Å². The van der Waals surface area contributed by atoms with Crippen LogP contribution < -0.4 is 0 Å². The second kappa shape index (κ2) is 5.86. The molecule has 126 valence electrons. The van der Waals surface area contributed by atoms with Crippen LogP contribution in [0.5, 0.6) is 0 Å². The van der Waals surface area contributed by atoms with Crippen molar-refractivity contribution in [1.82, 2.24) is 9.80 Å². The molecule has 3 rings (SSSR count). The first-order chi connectivity index (χ1) is 11.0. The molecule has 0 bridgehead atoms. The molecule has 0 radical (unpaired) electrons. The van der Waals surface area contributed by atoms with Gasteiger partial charge in [-0.05, 0) is 32.1 Å². The average molecular weight is 322 g/mol. The SMILES string of the molecule is COC(=O)[C@@H]1CC[C@H]2CC=C[C@@]3(CCCN3C(=O)OC)C(=O)N21. The summed E-state index contributed by atoms with van der Waals surface area (Å²) in [7, 11) is 2.65. The van der Waals surface area contributed by atoms with Crippen molar-refractivity contribution in [2.45, 2.75) is 49.7 Å². The van der Waals surface area contributed by atoms with E-state index < -0.39 is 17.7 Å². The summed E-state index contributed by atoms with van der Waals surface area (Å²) in [5, 5.41) is 0. The summed E-state index contributed by atoms with van der Waals surface area (Å²) in [6, 6.07) is -0.573. The van der Waals surface area contributed by atoms with Crippen LogP contribution in [0.3, 0.4) is 0 Å². The maximum atomic E-state index is 13.3. The molecule has 3 aliphatic rings. The van der Waals surface area contributed by atoms with E-state index in [0.29, 0.717) is 25.8 Å². The number of ether oxygens (including phenoxy) is 2. The third kappa shape index (κ3) is 2.29. The smallest absolute Gasteiger partial charge is 0.410 e. The average Bonchev–Trinajstić information content (AvgIpc) is 3.14. The molecule has 0 N–H and O–H groups in total. The quantitative estimate of drug-likeness (QED) is 0.533. The molecule has 7 heteroatoms. The molecule has 2 saturated heterocycles. The maximum absolute atomic E-state index is 13.3. The van der Waals surface area contributed by atoms with Gasteiger partial charge in [-0.1, -0.05) is 12.2 Å². The van der Waals surface area contributed by atoms with Crippen molar-refractivity contribution in [1.29, 1.82) is 0 Å². The van der Waals surface area contributed by atoms with Gasteiger partial charge in [0, 0.05) is 12.6 Å². The topological polar surface area (TPSA) is 76.1 Å². The molecule has 0 aromatic heterocycles. The lowest BCUT2D eigenvalue weighted by molar-refractivity contribution is -0.155. The van der Waals surface area contributed by atoms with Gasteiger partial charge in [0.15, 0.2) is 0 Å². The fourth-order valence-corrected chi connectivity index (χ4v) is 4.11. The van der Waals surface area contributed by atoms with Gasteiger partial charge >= 0.3 is 12.1 Å². The largest absolute Gasteiger partial charge is 0.467 e. The number of methoxy groups -OCH3 is 2. The van der Waals surface area contributed by atoms with Crippen LogP contribution >= 0.6 is 0 Å². The predicted molar refractivity (Wildman–Crippen MR) is 80.5 cm³/mol. The fourth-order valence-electron chi connectivity index (χ4n) is 4.11. The van der Waals surface area contributed by atoms with E-state index in [-0.39, 0.29) is 17.9 Å². The highest BCUT2D eigenvalue weighted by atomic mass is 16.5. The van der Waals surface area contributed by atoms with Gasteiger partial charge in [-0.3, -0.25) is 9.69 Å². The first-order valence-corrected chi connectivity index (χ1v) is 7.99. The Balaban J connectivity index is 1.98. The number of fused-ring (bicyclic) bond motifs is 1. The number of esters is 1. The highest BCUT2D eigenvalue weighted by molar-refractivity contribution is 5.96. The zero-order valence-corrected chi connectivity index (χ0v) is 13.5. The molecule has 2 amide bonds. The summed E-state index contributed by atoms with van der Waals surface area (Å²) in [5.41, 5.74) is -1.03. The third-order valence-electron chi connectivity index (χ3n) is 5.20. The Morgan fingerprint density at radius 1 is 1.26 bits per heavy atom. The van der Waals surface area contributed by atoms with E-state index >= 15 is 0 Å². The van der Waals surface area contributed by atoms with Gasteiger partial charge in [-0.15, -0.1) is 0 Å². The Morgan fingerprint density at radius 3 is 2.74 bits per heavy atom. The van der Waals surface area contributed by atoms with E-state index in [1.54, 1.807) is 4.90 Å². The van der Waals surface area contributed by atoms with Crippen LogP contribution in [-0.2, 0) is 19.1 Å². The standard InChI is InChI=1S/C16H22N2O5/c1-22-13(19)12-7-6-11-5-3-8-16(14(20)18(11)12)9-4-10-17(16)15(21)23-2/h3,8,11-12H,4-7,9-10H2,1-2H3/t11-,12+,16-/m1/s1. The van der Waals surface area contributed by atoms with E-state index in [1.165, 1.54) is 19.1 Å². The summed E-state index contributed by atoms with van der Waals surface area (Å²) in [6.07, 6.45) is 6.62. The van der Waals surface area contributed by atoms with Crippen LogP contribution in [0.2, 0.25) is 0 Å². The number of rotatable bonds is 1. The molecular formula is C16H22N2O5. The molecule has 0 aromatic rings. The van der Waals surface area contributed by atoms with Crippen molar-refractivity contribution in [3.63, 3.8) is 0 Å². The second-order valence-corrected chi connectivity index (χ2v) is 6.27. The monoisotopic (exact) mass is 322 g/mol. The number of likely N-dealkylation sites (tertiary alicyclic amines) is 1. The zero-order chi connectivity index (χ0) is 16.6. The van der Waals surface area contributed by atoms with Gasteiger partial charge in [-0.2, -0.15) is 0 Å². The summed E-state index contributed by atoms with van der Waals surface area (Å²) < 4.78 is 9.71. The maximum Gasteiger partial charge on any atom is 0.410 e. The lowest BCUT2D eigenvalue weighted by Crippen LogP contribution is -2.59.